The van der Waals surface area contributed by atoms with Crippen molar-refractivity contribution >= 4 is 5.71 Å². The van der Waals surface area contributed by atoms with Crippen LogP contribution in [0, 0.1) is 5.41 Å². The summed E-state index contributed by atoms with van der Waals surface area (Å²) in [6.45, 7) is 1.51. The van der Waals surface area contributed by atoms with Gasteiger partial charge in [0.25, 0.3) is 0 Å². The Kier molecular flexibility index (Phi) is 2.79. The molecular weight excluding hydrogens is 190 g/mol. The Labute approximate surface area is 88.9 Å². The van der Waals surface area contributed by atoms with E-state index >= 15 is 0 Å². The number of nitrogens with one attached hydrogen (secondary N) is 2. The predicted molar refractivity (Wildman–Crippen MR) is 58.1 cm³/mol. The fourth-order valence-electron chi connectivity index (χ4n) is 1.84. The lowest BCUT2D eigenvalue weighted by Crippen LogP contribution is -2.48. The average molecular weight is 205 g/mol. The molecule has 4 heteroatoms. The molecule has 0 atom stereocenters. The second kappa shape index (κ2) is 4.08. The van der Waals surface area contributed by atoms with Gasteiger partial charge in [-0.1, -0.05) is 6.07 Å². The first-order valence-electron chi connectivity index (χ1n) is 5.16. The molecule has 0 radical (unpaired) electrons. The molecule has 0 spiro atoms. The fourth-order valence-corrected chi connectivity index (χ4v) is 1.84. The van der Waals surface area contributed by atoms with Crippen LogP contribution in [-0.2, 0) is 0 Å². The summed E-state index contributed by atoms with van der Waals surface area (Å²) in [6, 6.07) is 5.41. The third kappa shape index (κ3) is 2.06. The van der Waals surface area contributed by atoms with Gasteiger partial charge >= 0.3 is 0 Å². The molecule has 1 aromatic heterocycles. The van der Waals surface area contributed by atoms with E-state index in [1.54, 1.807) is 12.3 Å². The van der Waals surface area contributed by atoms with E-state index in [0.717, 1.165) is 13.1 Å². The molecule has 80 valence electrons. The molecule has 1 fully saturated rings. The quantitative estimate of drug-likeness (QED) is 0.618. The summed E-state index contributed by atoms with van der Waals surface area (Å²) < 4.78 is 0. The zero-order valence-electron chi connectivity index (χ0n) is 8.53. The Morgan fingerprint density at radius 1 is 1.40 bits per heavy atom. The van der Waals surface area contributed by atoms with Gasteiger partial charge in [-0.2, -0.15) is 0 Å². The number of pyridine rings is 1. The maximum absolute atomic E-state index is 10.3. The van der Waals surface area contributed by atoms with Crippen molar-refractivity contribution in [3.63, 3.8) is 0 Å². The summed E-state index contributed by atoms with van der Waals surface area (Å²) in [5.41, 5.74) is -0.189. The van der Waals surface area contributed by atoms with Crippen molar-refractivity contribution in [2.75, 3.05) is 13.1 Å². The molecule has 0 unspecified atom stereocenters. The number of hydrogen-bond acceptors (Lipinski definition) is 4. The van der Waals surface area contributed by atoms with Crippen LogP contribution in [0.2, 0.25) is 0 Å². The van der Waals surface area contributed by atoms with E-state index in [1.165, 1.54) is 0 Å². The van der Waals surface area contributed by atoms with E-state index in [-0.39, 0.29) is 5.71 Å². The second-order valence-corrected chi connectivity index (χ2v) is 3.87. The minimum atomic E-state index is -1.00. The second-order valence-electron chi connectivity index (χ2n) is 3.87. The highest BCUT2D eigenvalue weighted by atomic mass is 16.3. The Morgan fingerprint density at radius 2 is 2.13 bits per heavy atom. The first-order chi connectivity index (χ1) is 7.22. The van der Waals surface area contributed by atoms with E-state index in [2.05, 4.69) is 10.3 Å². The minimum absolute atomic E-state index is 0.240. The minimum Gasteiger partial charge on any atom is -0.383 e. The third-order valence-corrected chi connectivity index (χ3v) is 2.82. The van der Waals surface area contributed by atoms with Crippen molar-refractivity contribution in [3.8, 4) is 0 Å². The highest BCUT2D eigenvalue weighted by Gasteiger charge is 2.34. The van der Waals surface area contributed by atoms with Gasteiger partial charge in [-0.15, -0.1) is 0 Å². The maximum Gasteiger partial charge on any atom is 0.110 e. The lowest BCUT2D eigenvalue weighted by atomic mass is 9.86. The largest absolute Gasteiger partial charge is 0.383 e. The molecule has 0 bridgehead atoms. The van der Waals surface area contributed by atoms with E-state index in [1.807, 2.05) is 12.1 Å². The van der Waals surface area contributed by atoms with Crippen molar-refractivity contribution in [3.05, 3.63) is 30.1 Å². The number of piperidine rings is 1. The maximum atomic E-state index is 10.3. The molecule has 1 aromatic rings. The van der Waals surface area contributed by atoms with E-state index in [4.69, 9.17) is 5.41 Å². The topological polar surface area (TPSA) is 69.0 Å². The molecule has 3 N–H and O–H groups in total. The molecule has 0 amide bonds. The average Bonchev–Trinajstić information content (AvgIpc) is 2.30. The molecule has 15 heavy (non-hydrogen) atoms. The fraction of sp³-hybridized carbons (Fsp3) is 0.455. The van der Waals surface area contributed by atoms with Crippen LogP contribution in [0.25, 0.3) is 0 Å². The molecule has 4 nitrogen and oxygen atoms in total. The zero-order chi connectivity index (χ0) is 10.7. The summed E-state index contributed by atoms with van der Waals surface area (Å²) in [7, 11) is 0. The van der Waals surface area contributed by atoms with Crippen LogP contribution in [0.1, 0.15) is 18.5 Å². The Bertz CT molecular complexity index is 344. The zero-order valence-corrected chi connectivity index (χ0v) is 8.53. The van der Waals surface area contributed by atoms with Crippen molar-refractivity contribution in [1.82, 2.24) is 10.3 Å². The van der Waals surface area contributed by atoms with Gasteiger partial charge in [0, 0.05) is 6.20 Å². The standard InChI is InChI=1S/C11H15N3O/c12-10(9-3-1-2-6-14-9)11(15)4-7-13-8-5-11/h1-3,6,12-13,15H,4-5,7-8H2. The van der Waals surface area contributed by atoms with Crippen LogP contribution in [0.4, 0.5) is 0 Å². The van der Waals surface area contributed by atoms with E-state index in [9.17, 15) is 5.11 Å². The number of nitrogens with zero attached hydrogens (tertiary/aromatic N) is 1. The van der Waals surface area contributed by atoms with Crippen LogP contribution in [0.5, 0.6) is 0 Å². The van der Waals surface area contributed by atoms with Crippen LogP contribution in [-0.4, -0.2) is 34.5 Å². The Morgan fingerprint density at radius 3 is 2.73 bits per heavy atom. The number of rotatable bonds is 2. The smallest absolute Gasteiger partial charge is 0.110 e. The van der Waals surface area contributed by atoms with Gasteiger partial charge in [-0.3, -0.25) is 10.4 Å². The Hall–Kier alpha value is -1.26. The van der Waals surface area contributed by atoms with Crippen molar-refractivity contribution in [1.29, 1.82) is 5.41 Å². The molecule has 0 aliphatic carbocycles. The third-order valence-electron chi connectivity index (χ3n) is 2.82. The van der Waals surface area contributed by atoms with Crippen LogP contribution in [0.3, 0.4) is 0 Å². The van der Waals surface area contributed by atoms with Crippen molar-refractivity contribution in [2.45, 2.75) is 18.4 Å². The summed E-state index contributed by atoms with van der Waals surface area (Å²) in [5.74, 6) is 0. The van der Waals surface area contributed by atoms with E-state index < -0.39 is 5.60 Å². The van der Waals surface area contributed by atoms with Gasteiger partial charge in [-0.05, 0) is 38.1 Å². The van der Waals surface area contributed by atoms with Gasteiger partial charge in [-0.25, -0.2) is 0 Å². The lowest BCUT2D eigenvalue weighted by Gasteiger charge is -2.32. The van der Waals surface area contributed by atoms with Gasteiger partial charge in [0.2, 0.25) is 0 Å². The molecule has 0 aromatic carbocycles. The van der Waals surface area contributed by atoms with Crippen LogP contribution >= 0.6 is 0 Å². The van der Waals surface area contributed by atoms with Crippen molar-refractivity contribution < 1.29 is 5.11 Å². The molecule has 1 aliphatic rings. The van der Waals surface area contributed by atoms with Gasteiger partial charge in [0.1, 0.15) is 5.60 Å². The van der Waals surface area contributed by atoms with Gasteiger partial charge in [0.15, 0.2) is 0 Å². The summed E-state index contributed by atoms with van der Waals surface area (Å²) in [6.07, 6.45) is 2.82. The van der Waals surface area contributed by atoms with Crippen LogP contribution in [0.15, 0.2) is 24.4 Å². The molecule has 1 aliphatic heterocycles. The summed E-state index contributed by atoms with van der Waals surface area (Å²) in [4.78, 5) is 4.09. The SMILES string of the molecule is N=C(c1ccccn1)C1(O)CCNCC1. The molecule has 0 saturated carbocycles. The van der Waals surface area contributed by atoms with Gasteiger partial charge < -0.3 is 10.4 Å². The number of aliphatic hydroxyl groups is 1. The highest BCUT2D eigenvalue weighted by Crippen LogP contribution is 2.22. The number of hydrogen-bond donors (Lipinski definition) is 3. The summed E-state index contributed by atoms with van der Waals surface area (Å²) >= 11 is 0. The molecule has 2 heterocycles. The Balaban J connectivity index is 2.20. The highest BCUT2D eigenvalue weighted by molar-refractivity contribution is 6.02. The van der Waals surface area contributed by atoms with Crippen molar-refractivity contribution in [2.24, 2.45) is 0 Å². The predicted octanol–water partition coefficient (Wildman–Crippen LogP) is 0.564. The molecular formula is C11H15N3O. The van der Waals surface area contributed by atoms with E-state index in [0.29, 0.717) is 18.5 Å². The van der Waals surface area contributed by atoms with Gasteiger partial charge in [0.05, 0.1) is 11.4 Å². The monoisotopic (exact) mass is 205 g/mol. The molecule has 1 saturated heterocycles. The molecule has 2 rings (SSSR count). The van der Waals surface area contributed by atoms with Crippen LogP contribution < -0.4 is 5.32 Å². The first kappa shape index (κ1) is 10.3. The number of aromatic nitrogens is 1. The first-order valence-corrected chi connectivity index (χ1v) is 5.16. The normalized spacial score (nSPS) is 19.8. The summed E-state index contributed by atoms with van der Waals surface area (Å²) in [5, 5.41) is 21.4. The lowest BCUT2D eigenvalue weighted by molar-refractivity contribution is 0.0775.